The molecule has 1 saturated heterocycles. The first kappa shape index (κ1) is 22.3. The van der Waals surface area contributed by atoms with Gasteiger partial charge >= 0.3 is 0 Å². The highest BCUT2D eigenvalue weighted by Crippen LogP contribution is 2.30. The Balaban J connectivity index is 1.56. The maximum absolute atomic E-state index is 13.4. The number of carbonyl (C=O) groups is 3. The fourth-order valence-corrected chi connectivity index (χ4v) is 5.00. The zero-order chi connectivity index (χ0) is 22.5. The molecule has 1 aromatic carbocycles. The zero-order valence-electron chi connectivity index (χ0n) is 18.3. The Morgan fingerprint density at radius 1 is 1.19 bits per heavy atom. The van der Waals surface area contributed by atoms with E-state index in [1.165, 1.54) is 28.2 Å². The summed E-state index contributed by atoms with van der Waals surface area (Å²) in [4.78, 5) is 42.9. The molecule has 1 atom stereocenters. The van der Waals surface area contributed by atoms with E-state index in [2.05, 4.69) is 6.08 Å². The predicted octanol–water partition coefficient (Wildman–Crippen LogP) is 4.81. The molecule has 2 aliphatic rings. The van der Waals surface area contributed by atoms with Crippen molar-refractivity contribution in [1.29, 1.82) is 0 Å². The van der Waals surface area contributed by atoms with E-state index in [1.54, 1.807) is 35.2 Å². The van der Waals surface area contributed by atoms with Gasteiger partial charge in [0.15, 0.2) is 0 Å². The molecule has 3 amide bonds. The van der Waals surface area contributed by atoms with Gasteiger partial charge in [0.1, 0.15) is 11.8 Å². The number of hydrogen-bond donors (Lipinski definition) is 0. The molecule has 1 aromatic heterocycles. The van der Waals surface area contributed by atoms with Crippen molar-refractivity contribution in [1.82, 2.24) is 4.90 Å². The first-order valence-corrected chi connectivity index (χ1v) is 12.1. The summed E-state index contributed by atoms with van der Waals surface area (Å²) < 4.78 is 5.45. The van der Waals surface area contributed by atoms with Crippen molar-refractivity contribution in [3.8, 4) is 5.75 Å². The molecule has 1 aliphatic heterocycles. The molecule has 0 saturated carbocycles. The van der Waals surface area contributed by atoms with Crippen molar-refractivity contribution >= 4 is 34.7 Å². The number of ether oxygens (including phenoxy) is 1. The number of rotatable bonds is 8. The van der Waals surface area contributed by atoms with Crippen LogP contribution in [-0.4, -0.2) is 41.8 Å². The van der Waals surface area contributed by atoms with E-state index in [0.29, 0.717) is 29.5 Å². The second kappa shape index (κ2) is 10.1. The van der Waals surface area contributed by atoms with Crippen LogP contribution in [0, 0.1) is 0 Å². The van der Waals surface area contributed by atoms with Crippen LogP contribution in [0.25, 0.3) is 0 Å². The van der Waals surface area contributed by atoms with E-state index in [1.807, 2.05) is 18.4 Å². The second-order valence-corrected chi connectivity index (χ2v) is 9.00. The standard InChI is InChI=1S/C25H28N2O4S/c1-2-31-20-12-10-19(11-13-20)27-23(28)17-21(24(27)29)26(25(30)22-9-6-16-32-22)15-14-18-7-4-3-5-8-18/h6-7,9-13,16,21H,2-5,8,14-15,17H2,1H3. The van der Waals surface area contributed by atoms with E-state index in [4.69, 9.17) is 4.74 Å². The highest BCUT2D eigenvalue weighted by Gasteiger charge is 2.44. The molecule has 0 N–H and O–H groups in total. The minimum absolute atomic E-state index is 0.00219. The van der Waals surface area contributed by atoms with Crippen molar-refractivity contribution in [3.63, 3.8) is 0 Å². The molecule has 2 aromatic rings. The Morgan fingerprint density at radius 2 is 2.00 bits per heavy atom. The van der Waals surface area contributed by atoms with E-state index >= 15 is 0 Å². The van der Waals surface area contributed by atoms with Gasteiger partial charge in [0.05, 0.1) is 23.6 Å². The summed E-state index contributed by atoms with van der Waals surface area (Å²) in [5, 5.41) is 1.85. The fourth-order valence-electron chi connectivity index (χ4n) is 4.33. The number of hydrogen-bond acceptors (Lipinski definition) is 5. The molecular formula is C25H28N2O4S. The fraction of sp³-hybridized carbons (Fsp3) is 0.400. The average Bonchev–Trinajstić information content (AvgIpc) is 3.44. The monoisotopic (exact) mass is 452 g/mol. The molecule has 2 heterocycles. The lowest BCUT2D eigenvalue weighted by molar-refractivity contribution is -0.122. The van der Waals surface area contributed by atoms with Crippen molar-refractivity contribution in [2.75, 3.05) is 18.1 Å². The van der Waals surface area contributed by atoms with Crippen LogP contribution in [0.5, 0.6) is 5.75 Å². The van der Waals surface area contributed by atoms with Crippen LogP contribution in [0.4, 0.5) is 5.69 Å². The summed E-state index contributed by atoms with van der Waals surface area (Å²) >= 11 is 1.36. The van der Waals surface area contributed by atoms with Crippen molar-refractivity contribution in [2.45, 2.75) is 51.5 Å². The number of carbonyl (C=O) groups excluding carboxylic acids is 3. The molecule has 7 heteroatoms. The van der Waals surface area contributed by atoms with E-state index in [0.717, 1.165) is 25.7 Å². The summed E-state index contributed by atoms with van der Waals surface area (Å²) in [6.07, 6.45) is 7.47. The lowest BCUT2D eigenvalue weighted by atomic mass is 9.97. The molecule has 1 fully saturated rings. The minimum Gasteiger partial charge on any atom is -0.494 e. The van der Waals surface area contributed by atoms with Crippen LogP contribution in [0.3, 0.4) is 0 Å². The van der Waals surface area contributed by atoms with Crippen LogP contribution in [-0.2, 0) is 9.59 Å². The Bertz CT molecular complexity index is 997. The third kappa shape index (κ3) is 4.78. The summed E-state index contributed by atoms with van der Waals surface area (Å²) in [6, 6.07) is 9.73. The number of imide groups is 1. The summed E-state index contributed by atoms with van der Waals surface area (Å²) in [5.74, 6) is -0.134. The number of nitrogens with zero attached hydrogens (tertiary/aromatic N) is 2. The number of benzene rings is 1. The highest BCUT2D eigenvalue weighted by atomic mass is 32.1. The van der Waals surface area contributed by atoms with Gasteiger partial charge in [-0.05, 0) is 74.7 Å². The Kier molecular flexibility index (Phi) is 7.05. The number of anilines is 1. The predicted molar refractivity (Wildman–Crippen MR) is 125 cm³/mol. The molecule has 1 aliphatic carbocycles. The summed E-state index contributed by atoms with van der Waals surface area (Å²) in [6.45, 7) is 2.87. The summed E-state index contributed by atoms with van der Waals surface area (Å²) in [5.41, 5.74) is 1.84. The molecule has 0 radical (unpaired) electrons. The highest BCUT2D eigenvalue weighted by molar-refractivity contribution is 7.12. The van der Waals surface area contributed by atoms with Crippen molar-refractivity contribution in [3.05, 3.63) is 58.3 Å². The van der Waals surface area contributed by atoms with E-state index < -0.39 is 6.04 Å². The normalized spacial score (nSPS) is 18.6. The van der Waals surface area contributed by atoms with E-state index in [-0.39, 0.29) is 24.1 Å². The number of amides is 3. The molecule has 1 unspecified atom stereocenters. The first-order chi connectivity index (χ1) is 15.6. The number of thiophene rings is 1. The topological polar surface area (TPSA) is 66.9 Å². The Morgan fingerprint density at radius 3 is 2.66 bits per heavy atom. The molecule has 0 bridgehead atoms. The van der Waals surface area contributed by atoms with Gasteiger partial charge in [-0.25, -0.2) is 4.90 Å². The molecule has 168 valence electrons. The molecule has 32 heavy (non-hydrogen) atoms. The van der Waals surface area contributed by atoms with Gasteiger partial charge in [-0.2, -0.15) is 0 Å². The van der Waals surface area contributed by atoms with Gasteiger partial charge in [0.25, 0.3) is 11.8 Å². The van der Waals surface area contributed by atoms with Gasteiger partial charge in [-0.15, -0.1) is 11.3 Å². The van der Waals surface area contributed by atoms with E-state index in [9.17, 15) is 14.4 Å². The maximum Gasteiger partial charge on any atom is 0.264 e. The van der Waals surface area contributed by atoms with Crippen LogP contribution < -0.4 is 9.64 Å². The Labute approximate surface area is 192 Å². The number of allylic oxidation sites excluding steroid dienone is 1. The SMILES string of the molecule is CCOc1ccc(N2C(=O)CC(N(CCC3=CCCCC3)C(=O)c3cccs3)C2=O)cc1. The van der Waals surface area contributed by atoms with Gasteiger partial charge in [-0.3, -0.25) is 14.4 Å². The molecule has 4 rings (SSSR count). The smallest absolute Gasteiger partial charge is 0.264 e. The van der Waals surface area contributed by atoms with Gasteiger partial charge in [0.2, 0.25) is 5.91 Å². The van der Waals surface area contributed by atoms with Crippen LogP contribution in [0.2, 0.25) is 0 Å². The van der Waals surface area contributed by atoms with Gasteiger partial charge in [-0.1, -0.05) is 17.7 Å². The lowest BCUT2D eigenvalue weighted by Crippen LogP contribution is -2.46. The van der Waals surface area contributed by atoms with Gasteiger partial charge in [0, 0.05) is 6.54 Å². The van der Waals surface area contributed by atoms with Gasteiger partial charge < -0.3 is 9.64 Å². The van der Waals surface area contributed by atoms with Crippen LogP contribution in [0.15, 0.2) is 53.4 Å². The molecule has 0 spiro atoms. The maximum atomic E-state index is 13.4. The second-order valence-electron chi connectivity index (χ2n) is 8.05. The third-order valence-corrected chi connectivity index (χ3v) is 6.81. The lowest BCUT2D eigenvalue weighted by Gasteiger charge is -2.28. The Hall–Kier alpha value is -2.93. The third-order valence-electron chi connectivity index (χ3n) is 5.96. The van der Waals surface area contributed by atoms with Crippen LogP contribution in [0.1, 0.15) is 55.1 Å². The first-order valence-electron chi connectivity index (χ1n) is 11.2. The largest absolute Gasteiger partial charge is 0.494 e. The zero-order valence-corrected chi connectivity index (χ0v) is 19.1. The quantitative estimate of drug-likeness (QED) is 0.426. The van der Waals surface area contributed by atoms with Crippen molar-refractivity contribution in [2.24, 2.45) is 0 Å². The van der Waals surface area contributed by atoms with Crippen molar-refractivity contribution < 1.29 is 19.1 Å². The molecule has 6 nitrogen and oxygen atoms in total. The molecular weight excluding hydrogens is 424 g/mol. The summed E-state index contributed by atoms with van der Waals surface area (Å²) in [7, 11) is 0. The van der Waals surface area contributed by atoms with Crippen LogP contribution >= 0.6 is 11.3 Å². The average molecular weight is 453 g/mol. The minimum atomic E-state index is -0.784.